The molecule has 1 saturated carbocycles. The first-order valence-corrected chi connectivity index (χ1v) is 24.5. The molecule has 1 aliphatic rings. The van der Waals surface area contributed by atoms with Crippen LogP contribution in [0.2, 0.25) is 20.8 Å². The van der Waals surface area contributed by atoms with Gasteiger partial charge in [-0.15, -0.1) is 0 Å². The van der Waals surface area contributed by atoms with Crippen LogP contribution in [0.5, 0.6) is 11.5 Å². The number of hydrogen-bond acceptors (Lipinski definition) is 5. The Balaban J connectivity index is 0.00000246. The first kappa shape index (κ1) is 46.6. The zero-order valence-corrected chi connectivity index (χ0v) is 36.5. The molecule has 2 atom stereocenters. The van der Waals surface area contributed by atoms with Gasteiger partial charge in [-0.3, -0.25) is 0 Å². The van der Waals surface area contributed by atoms with Crippen molar-refractivity contribution in [3.8, 4) is 11.5 Å². The number of phenolic OH excluding ortho intramolecular Hbond substituents is 2. The van der Waals surface area contributed by atoms with Crippen LogP contribution in [0, 0.1) is 6.92 Å². The summed E-state index contributed by atoms with van der Waals surface area (Å²) < 4.78 is 0. The summed E-state index contributed by atoms with van der Waals surface area (Å²) in [6.07, 6.45) is 8.17. The molecular weight excluding hydrogens is 746 g/mol. The van der Waals surface area contributed by atoms with Crippen LogP contribution in [0.3, 0.4) is 0 Å². The predicted molar refractivity (Wildman–Crippen MR) is 216 cm³/mol. The van der Waals surface area contributed by atoms with Crippen molar-refractivity contribution in [2.45, 2.75) is 164 Å². The number of carboxylic acid groups (broad SMARTS) is 2. The second kappa shape index (κ2) is 19.6. The Labute approximate surface area is 322 Å². The fourth-order valence-corrected chi connectivity index (χ4v) is 13.2. The largest absolute Gasteiger partial charge is 0 e. The molecule has 51 heavy (non-hydrogen) atoms. The first-order chi connectivity index (χ1) is 23.1. The van der Waals surface area contributed by atoms with Crippen molar-refractivity contribution in [3.63, 3.8) is 0 Å². The van der Waals surface area contributed by atoms with Crippen molar-refractivity contribution in [1.82, 2.24) is 0 Å². The van der Waals surface area contributed by atoms with Crippen molar-refractivity contribution in [2.75, 3.05) is 0 Å². The smallest absolute Gasteiger partial charge is 0 e. The molecule has 4 N–H and O–H groups in total. The van der Waals surface area contributed by atoms with Gasteiger partial charge in [-0.05, 0) is 22.5 Å². The normalized spacial score (nSPS) is 17.5. The van der Waals surface area contributed by atoms with Crippen molar-refractivity contribution in [2.24, 2.45) is 9.98 Å². The molecule has 9 heteroatoms. The number of phenols is 2. The Kier molecular flexibility index (Phi) is 17.9. The van der Waals surface area contributed by atoms with Gasteiger partial charge in [0.1, 0.15) is 5.75 Å². The topological polar surface area (TPSA) is 123 Å². The van der Waals surface area contributed by atoms with Crippen LogP contribution >= 0.6 is 0 Å². The summed E-state index contributed by atoms with van der Waals surface area (Å²) >= 11 is -1.87. The average molecular weight is 815 g/mol. The Morgan fingerprint density at radius 1 is 0.784 bits per heavy atom. The molecule has 2 aromatic rings. The summed E-state index contributed by atoms with van der Waals surface area (Å²) in [6.45, 7) is 28.8. The molecule has 0 heterocycles. The predicted octanol–water partition coefficient (Wildman–Crippen LogP) is 11.0. The summed E-state index contributed by atoms with van der Waals surface area (Å²) in [5, 5.41) is 41.9. The van der Waals surface area contributed by atoms with E-state index < -0.39 is 19.7 Å². The van der Waals surface area contributed by atoms with Crippen LogP contribution in [0.4, 0.5) is 4.79 Å². The van der Waals surface area contributed by atoms with Crippen LogP contribution in [0.1, 0.15) is 142 Å². The number of aliphatic imine (C=N–C) groups is 2. The quantitative estimate of drug-likeness (QED) is 0.102. The van der Waals surface area contributed by atoms with E-state index in [2.05, 4.69) is 107 Å². The summed E-state index contributed by atoms with van der Waals surface area (Å²) in [4.78, 5) is 18.7. The molecule has 1 aliphatic carbocycles. The molecule has 0 bridgehead atoms. The van der Waals surface area contributed by atoms with Crippen molar-refractivity contribution < 1.29 is 42.0 Å². The second-order valence-electron chi connectivity index (χ2n) is 17.4. The molecule has 1 radical (unpaired) electrons. The molecule has 0 aliphatic heterocycles. The molecule has 0 aromatic heterocycles. The van der Waals surface area contributed by atoms with Gasteiger partial charge in [-0.2, -0.15) is 0 Å². The zero-order chi connectivity index (χ0) is 38.1. The van der Waals surface area contributed by atoms with Gasteiger partial charge in [-0.1, -0.05) is 47.6 Å². The number of benzene rings is 2. The van der Waals surface area contributed by atoms with Gasteiger partial charge in [-0.25, -0.2) is 4.79 Å². The molecular formula is C42H68AsCoN2O5+. The third-order valence-electron chi connectivity index (χ3n) is 10.6. The number of carbonyl (C=O) groups is 1. The average Bonchev–Trinajstić information content (AvgIpc) is 3.01. The Hall–Kier alpha value is -2.42. The Bertz CT molecular complexity index is 1470. The number of rotatable bonds is 11. The van der Waals surface area contributed by atoms with E-state index in [9.17, 15) is 10.2 Å². The van der Waals surface area contributed by atoms with Crippen molar-refractivity contribution >= 4 is 32.1 Å². The maximum Gasteiger partial charge on any atom is 0 e. The van der Waals surface area contributed by atoms with Gasteiger partial charge in [0.25, 0.3) is 0 Å². The SMILES string of the molecule is O=C(O)O.[CH2+]C[AsH](CC)(CC)CCCc1cc(C(C)(C)C)cc(C=NC2CCCCC2N=Cc2cc(C(C)(C)C)cc(C(C)(C)C)c2O)c1O.[Co]. The molecule has 289 valence electrons. The van der Waals surface area contributed by atoms with Crippen molar-refractivity contribution in [1.29, 1.82) is 0 Å². The van der Waals surface area contributed by atoms with E-state index in [-0.39, 0.29) is 45.1 Å². The number of aryl methyl sites for hydroxylation is 1. The summed E-state index contributed by atoms with van der Waals surface area (Å²) in [5.74, 6) is 0.706. The van der Waals surface area contributed by atoms with Gasteiger partial charge >= 0.3 is 200 Å². The maximum absolute atomic E-state index is 11.5. The Morgan fingerprint density at radius 3 is 1.61 bits per heavy atom. The summed E-state index contributed by atoms with van der Waals surface area (Å²) in [6, 6.07) is 8.68. The van der Waals surface area contributed by atoms with E-state index in [1.807, 2.05) is 12.4 Å². The van der Waals surface area contributed by atoms with E-state index in [1.165, 1.54) is 26.8 Å². The molecule has 2 aromatic carbocycles. The fraction of sp³-hybridized carbons (Fsp3) is 0.619. The van der Waals surface area contributed by atoms with Crippen LogP contribution in [-0.2, 0) is 39.4 Å². The van der Waals surface area contributed by atoms with Gasteiger partial charge in [0.15, 0.2) is 0 Å². The minimum Gasteiger partial charge on any atom is 0 e. The third-order valence-corrected chi connectivity index (χ3v) is 22.1. The van der Waals surface area contributed by atoms with E-state index in [0.717, 1.165) is 66.0 Å². The van der Waals surface area contributed by atoms with Gasteiger partial charge in [0.05, 0.1) is 0 Å². The Morgan fingerprint density at radius 2 is 1.22 bits per heavy atom. The molecule has 7 nitrogen and oxygen atoms in total. The molecule has 0 saturated heterocycles. The second-order valence-corrected chi connectivity index (χ2v) is 28.7. The maximum atomic E-state index is 11.5. The monoisotopic (exact) mass is 814 g/mol. The number of aromatic hydroxyl groups is 2. The van der Waals surface area contributed by atoms with E-state index >= 15 is 0 Å². The van der Waals surface area contributed by atoms with Gasteiger partial charge in [0.2, 0.25) is 0 Å². The van der Waals surface area contributed by atoms with Crippen molar-refractivity contribution in [3.05, 3.63) is 64.6 Å². The minimum atomic E-state index is -1.87. The number of hydrogen-bond donors (Lipinski definition) is 4. The van der Waals surface area contributed by atoms with Gasteiger partial charge in [0, 0.05) is 27.9 Å². The van der Waals surface area contributed by atoms with E-state index in [1.54, 1.807) is 0 Å². The molecule has 1 fully saturated rings. The molecule has 0 amide bonds. The van der Waals surface area contributed by atoms with E-state index in [0.29, 0.717) is 11.5 Å². The van der Waals surface area contributed by atoms with Crippen LogP contribution in [-0.4, -0.2) is 64.6 Å². The summed E-state index contributed by atoms with van der Waals surface area (Å²) in [7, 11) is 0. The number of nitrogens with zero attached hydrogens (tertiary/aromatic N) is 2. The molecule has 3 rings (SSSR count). The molecule has 0 spiro atoms. The van der Waals surface area contributed by atoms with Gasteiger partial charge < -0.3 is 15.3 Å². The molecule has 2 unspecified atom stereocenters. The zero-order valence-electron chi connectivity index (χ0n) is 33.3. The van der Waals surface area contributed by atoms with E-state index in [4.69, 9.17) is 25.0 Å². The summed E-state index contributed by atoms with van der Waals surface area (Å²) in [5.41, 5.74) is 5.78. The fourth-order valence-electron chi connectivity index (χ4n) is 6.73. The van der Waals surface area contributed by atoms with Crippen LogP contribution < -0.4 is 0 Å². The third kappa shape index (κ3) is 13.8. The standard InChI is InChI=1S/C41H65AsN2O2.CH2O3.Co/c1-13-42(14-2,15-3)22-18-19-29-23-32(39(4,5)6)24-30(37(29)45)27-43-35-20-16-17-21-36(35)44-28-31-25-33(40(7,8)9)26-34(38(31)46)41(10,11)12;2-1(3)4;/h23-28,35-36,42H,1,13-22H2,2-12H3,(H-,43,44,45,46);(H2,2,3,4);/p+1. The van der Waals surface area contributed by atoms with Crippen LogP contribution in [0.25, 0.3) is 0 Å². The van der Waals surface area contributed by atoms with Crippen LogP contribution in [0.15, 0.2) is 34.3 Å². The minimum absolute atomic E-state index is 0. The first-order valence-electron chi connectivity index (χ1n) is 18.6.